The van der Waals surface area contributed by atoms with E-state index in [-0.39, 0.29) is 5.91 Å². The number of fused-ring (bicyclic) bond motifs is 1. The van der Waals surface area contributed by atoms with E-state index in [2.05, 4.69) is 5.32 Å². The van der Waals surface area contributed by atoms with Crippen molar-refractivity contribution >= 4 is 5.91 Å². The predicted octanol–water partition coefficient (Wildman–Crippen LogP) is 1.61. The van der Waals surface area contributed by atoms with E-state index >= 15 is 0 Å². The summed E-state index contributed by atoms with van der Waals surface area (Å²) in [6.45, 7) is 3.94. The van der Waals surface area contributed by atoms with Crippen LogP contribution >= 0.6 is 0 Å². The maximum atomic E-state index is 11.6. The zero-order chi connectivity index (χ0) is 12.6. The van der Waals surface area contributed by atoms with Gasteiger partial charge in [0.25, 0.3) is 0 Å². The molecular formula is C13H17NO3. The van der Waals surface area contributed by atoms with E-state index < -0.39 is 5.54 Å². The van der Waals surface area contributed by atoms with Crippen LogP contribution in [0, 0.1) is 0 Å². The van der Waals surface area contributed by atoms with Gasteiger partial charge >= 0.3 is 0 Å². The summed E-state index contributed by atoms with van der Waals surface area (Å²) in [7, 11) is 3.23. The molecule has 0 saturated heterocycles. The Bertz CT molecular complexity index is 466. The Morgan fingerprint density at radius 1 is 1.24 bits per heavy atom. The molecule has 1 N–H and O–H groups in total. The van der Waals surface area contributed by atoms with Gasteiger partial charge in [-0.15, -0.1) is 0 Å². The Morgan fingerprint density at radius 2 is 1.94 bits per heavy atom. The van der Waals surface area contributed by atoms with Crippen molar-refractivity contribution in [1.82, 2.24) is 5.32 Å². The molecule has 0 atom stereocenters. The standard InChI is InChI=1S/C13H17NO3/c1-13(2)12-8(6-11(15)14-13)5-9(16-3)7-10(12)17-4/h5,7H,6H2,1-4H3,(H,14,15). The van der Waals surface area contributed by atoms with Crippen molar-refractivity contribution in [1.29, 1.82) is 0 Å². The van der Waals surface area contributed by atoms with E-state index in [0.29, 0.717) is 12.2 Å². The molecule has 2 rings (SSSR count). The quantitative estimate of drug-likeness (QED) is 0.847. The SMILES string of the molecule is COc1cc2c(c(OC)c1)C(C)(C)NC(=O)C2. The fourth-order valence-electron chi connectivity index (χ4n) is 2.40. The van der Waals surface area contributed by atoms with Gasteiger partial charge in [0.15, 0.2) is 0 Å². The zero-order valence-electron chi connectivity index (χ0n) is 10.6. The summed E-state index contributed by atoms with van der Waals surface area (Å²) in [5.41, 5.74) is 1.58. The van der Waals surface area contributed by atoms with Gasteiger partial charge in [-0.3, -0.25) is 4.79 Å². The van der Waals surface area contributed by atoms with E-state index in [1.54, 1.807) is 14.2 Å². The van der Waals surface area contributed by atoms with Crippen molar-refractivity contribution < 1.29 is 14.3 Å². The van der Waals surface area contributed by atoms with Gasteiger partial charge in [0.1, 0.15) is 11.5 Å². The van der Waals surface area contributed by atoms with Crippen molar-refractivity contribution in [3.8, 4) is 11.5 Å². The number of nitrogens with one attached hydrogen (secondary N) is 1. The van der Waals surface area contributed by atoms with Crippen molar-refractivity contribution in [3.05, 3.63) is 23.3 Å². The molecular weight excluding hydrogens is 218 g/mol. The predicted molar refractivity (Wildman–Crippen MR) is 64.4 cm³/mol. The molecule has 1 aliphatic heterocycles. The number of hydrogen-bond acceptors (Lipinski definition) is 3. The fourth-order valence-corrected chi connectivity index (χ4v) is 2.40. The second-order valence-corrected chi connectivity index (χ2v) is 4.71. The summed E-state index contributed by atoms with van der Waals surface area (Å²) in [5.74, 6) is 1.49. The van der Waals surface area contributed by atoms with Crippen LogP contribution in [0.2, 0.25) is 0 Å². The lowest BCUT2D eigenvalue weighted by molar-refractivity contribution is -0.122. The number of carbonyl (C=O) groups excluding carboxylic acids is 1. The molecule has 4 nitrogen and oxygen atoms in total. The molecule has 0 saturated carbocycles. The lowest BCUT2D eigenvalue weighted by Crippen LogP contribution is -2.46. The number of ether oxygens (including phenoxy) is 2. The molecule has 1 heterocycles. The molecule has 92 valence electrons. The Hall–Kier alpha value is -1.71. The third-order valence-corrected chi connectivity index (χ3v) is 3.04. The molecule has 0 unspecified atom stereocenters. The van der Waals surface area contributed by atoms with Crippen LogP contribution in [-0.2, 0) is 16.8 Å². The Labute approximate surface area is 101 Å². The van der Waals surface area contributed by atoms with Crippen LogP contribution in [0.3, 0.4) is 0 Å². The monoisotopic (exact) mass is 235 g/mol. The molecule has 1 amide bonds. The molecule has 4 heteroatoms. The van der Waals surface area contributed by atoms with Gasteiger partial charge in [0.05, 0.1) is 26.2 Å². The van der Waals surface area contributed by atoms with Crippen LogP contribution in [-0.4, -0.2) is 20.1 Å². The number of rotatable bonds is 2. The van der Waals surface area contributed by atoms with Crippen molar-refractivity contribution in [2.24, 2.45) is 0 Å². The van der Waals surface area contributed by atoms with Crippen molar-refractivity contribution in [3.63, 3.8) is 0 Å². The highest BCUT2D eigenvalue weighted by molar-refractivity contribution is 5.83. The number of benzene rings is 1. The van der Waals surface area contributed by atoms with Crippen molar-refractivity contribution in [2.75, 3.05) is 14.2 Å². The van der Waals surface area contributed by atoms with E-state index in [1.807, 2.05) is 26.0 Å². The highest BCUT2D eigenvalue weighted by Crippen LogP contribution is 2.38. The number of hydrogen-bond donors (Lipinski definition) is 1. The first kappa shape index (κ1) is 11.8. The summed E-state index contributed by atoms with van der Waals surface area (Å²) >= 11 is 0. The number of methoxy groups -OCH3 is 2. The van der Waals surface area contributed by atoms with Gasteiger partial charge in [0, 0.05) is 11.6 Å². The first-order chi connectivity index (χ1) is 7.97. The zero-order valence-corrected chi connectivity index (χ0v) is 10.6. The molecule has 1 aliphatic rings. The maximum absolute atomic E-state index is 11.6. The lowest BCUT2D eigenvalue weighted by Gasteiger charge is -2.34. The van der Waals surface area contributed by atoms with E-state index in [4.69, 9.17) is 9.47 Å². The summed E-state index contributed by atoms with van der Waals surface area (Å²) in [5, 5.41) is 2.96. The Kier molecular flexibility index (Phi) is 2.73. The summed E-state index contributed by atoms with van der Waals surface area (Å²) in [6, 6.07) is 3.75. The minimum atomic E-state index is -0.414. The average Bonchev–Trinajstić information content (AvgIpc) is 2.25. The van der Waals surface area contributed by atoms with Crippen molar-refractivity contribution in [2.45, 2.75) is 25.8 Å². The minimum absolute atomic E-state index is 0.0257. The molecule has 0 aliphatic carbocycles. The maximum Gasteiger partial charge on any atom is 0.225 e. The summed E-state index contributed by atoms with van der Waals surface area (Å²) < 4.78 is 10.6. The Balaban J connectivity index is 2.64. The van der Waals surface area contributed by atoms with Gasteiger partial charge in [0.2, 0.25) is 5.91 Å². The molecule has 0 fully saturated rings. The van der Waals surface area contributed by atoms with Crippen LogP contribution in [0.1, 0.15) is 25.0 Å². The topological polar surface area (TPSA) is 47.6 Å². The van der Waals surface area contributed by atoms with E-state index in [9.17, 15) is 4.79 Å². The van der Waals surface area contributed by atoms with Gasteiger partial charge in [-0.1, -0.05) is 0 Å². The smallest absolute Gasteiger partial charge is 0.225 e. The van der Waals surface area contributed by atoms with Gasteiger partial charge in [-0.05, 0) is 25.5 Å². The summed E-state index contributed by atoms with van der Waals surface area (Å²) in [6.07, 6.45) is 0.367. The molecule has 0 radical (unpaired) electrons. The van der Waals surface area contributed by atoms with E-state index in [1.165, 1.54) is 0 Å². The first-order valence-electron chi connectivity index (χ1n) is 5.54. The number of carbonyl (C=O) groups is 1. The second kappa shape index (κ2) is 3.95. The van der Waals surface area contributed by atoms with Gasteiger partial charge < -0.3 is 14.8 Å². The molecule has 1 aromatic carbocycles. The third kappa shape index (κ3) is 1.95. The minimum Gasteiger partial charge on any atom is -0.497 e. The molecule has 0 spiro atoms. The average molecular weight is 235 g/mol. The third-order valence-electron chi connectivity index (χ3n) is 3.04. The summed E-state index contributed by atoms with van der Waals surface area (Å²) in [4.78, 5) is 11.6. The molecule has 17 heavy (non-hydrogen) atoms. The van der Waals surface area contributed by atoms with Gasteiger partial charge in [-0.25, -0.2) is 0 Å². The van der Waals surface area contributed by atoms with Crippen LogP contribution in [0.25, 0.3) is 0 Å². The van der Waals surface area contributed by atoms with Crippen LogP contribution in [0.4, 0.5) is 0 Å². The molecule has 0 bridgehead atoms. The van der Waals surface area contributed by atoms with Crippen LogP contribution < -0.4 is 14.8 Å². The second-order valence-electron chi connectivity index (χ2n) is 4.71. The highest BCUT2D eigenvalue weighted by atomic mass is 16.5. The molecule has 0 aromatic heterocycles. The van der Waals surface area contributed by atoms with Crippen LogP contribution in [0.5, 0.6) is 11.5 Å². The lowest BCUT2D eigenvalue weighted by atomic mass is 9.84. The van der Waals surface area contributed by atoms with Gasteiger partial charge in [-0.2, -0.15) is 0 Å². The largest absolute Gasteiger partial charge is 0.497 e. The fraction of sp³-hybridized carbons (Fsp3) is 0.462. The number of amides is 1. The Morgan fingerprint density at radius 3 is 2.53 bits per heavy atom. The molecule has 1 aromatic rings. The van der Waals surface area contributed by atoms with Crippen LogP contribution in [0.15, 0.2) is 12.1 Å². The normalized spacial score (nSPS) is 17.1. The first-order valence-corrected chi connectivity index (χ1v) is 5.54. The highest BCUT2D eigenvalue weighted by Gasteiger charge is 2.34. The van der Waals surface area contributed by atoms with E-state index in [0.717, 1.165) is 16.9 Å².